The molecule has 3 N–H and O–H groups in total. The molecule has 1 aliphatic heterocycles. The first-order valence-electron chi connectivity index (χ1n) is 9.51. The topological polar surface area (TPSA) is 79.2 Å². The second kappa shape index (κ2) is 13.8. The van der Waals surface area contributed by atoms with E-state index in [0.29, 0.717) is 6.61 Å². The van der Waals surface area contributed by atoms with E-state index >= 15 is 0 Å². The molecule has 0 aromatic rings. The van der Waals surface area contributed by atoms with Gasteiger partial charge in [-0.3, -0.25) is 0 Å². The van der Waals surface area contributed by atoms with Gasteiger partial charge in [-0.2, -0.15) is 0 Å². The van der Waals surface area contributed by atoms with Crippen LogP contribution < -0.4 is 0 Å². The molecule has 1 saturated heterocycles. The van der Waals surface area contributed by atoms with Gasteiger partial charge in [-0.05, 0) is 19.3 Å². The smallest absolute Gasteiger partial charge is 0.114 e. The van der Waals surface area contributed by atoms with Crippen LogP contribution in [0.4, 0.5) is 0 Å². The van der Waals surface area contributed by atoms with E-state index < -0.39 is 24.4 Å². The highest BCUT2D eigenvalue weighted by Crippen LogP contribution is 2.19. The van der Waals surface area contributed by atoms with Crippen LogP contribution in [0.25, 0.3) is 0 Å². The van der Waals surface area contributed by atoms with Crippen LogP contribution in [0.5, 0.6) is 0 Å². The van der Waals surface area contributed by atoms with Crippen LogP contribution in [0, 0.1) is 0 Å². The second-order valence-corrected chi connectivity index (χ2v) is 6.71. The molecule has 0 radical (unpaired) electrons. The first-order valence-corrected chi connectivity index (χ1v) is 9.51. The Morgan fingerprint density at radius 2 is 1.54 bits per heavy atom. The average molecular weight is 344 g/mol. The highest BCUT2D eigenvalue weighted by Gasteiger charge is 2.38. The summed E-state index contributed by atoms with van der Waals surface area (Å²) >= 11 is 0. The fourth-order valence-corrected chi connectivity index (χ4v) is 3.07. The van der Waals surface area contributed by atoms with Gasteiger partial charge in [-0.1, -0.05) is 51.0 Å². The maximum absolute atomic E-state index is 10.0. The Bertz CT molecular complexity index is 310. The van der Waals surface area contributed by atoms with E-state index in [9.17, 15) is 10.2 Å². The van der Waals surface area contributed by atoms with E-state index in [1.54, 1.807) is 0 Å². The van der Waals surface area contributed by atoms with Crippen molar-refractivity contribution < 1.29 is 24.8 Å². The summed E-state index contributed by atoms with van der Waals surface area (Å²) in [5.74, 6) is 0. The van der Waals surface area contributed by atoms with Gasteiger partial charge >= 0.3 is 0 Å². The van der Waals surface area contributed by atoms with E-state index in [-0.39, 0.29) is 13.2 Å². The minimum Gasteiger partial charge on any atom is -0.394 e. The molecule has 1 fully saturated rings. The molecule has 0 aromatic heterocycles. The predicted molar refractivity (Wildman–Crippen MR) is 94.9 cm³/mol. The molecular weight excluding hydrogens is 308 g/mol. The average Bonchev–Trinajstić information content (AvgIpc) is 2.58. The van der Waals surface area contributed by atoms with Gasteiger partial charge in [0.2, 0.25) is 0 Å². The largest absolute Gasteiger partial charge is 0.394 e. The van der Waals surface area contributed by atoms with Crippen molar-refractivity contribution in [1.82, 2.24) is 0 Å². The maximum Gasteiger partial charge on any atom is 0.114 e. The number of rotatable bonds is 14. The van der Waals surface area contributed by atoms with Crippen LogP contribution in [0.15, 0.2) is 12.7 Å². The number of hydrogen-bond acceptors (Lipinski definition) is 5. The van der Waals surface area contributed by atoms with E-state index in [1.165, 1.54) is 44.9 Å². The molecule has 0 aliphatic carbocycles. The van der Waals surface area contributed by atoms with Gasteiger partial charge < -0.3 is 24.8 Å². The lowest BCUT2D eigenvalue weighted by Crippen LogP contribution is -2.55. The molecule has 0 aromatic carbocycles. The van der Waals surface area contributed by atoms with Crippen molar-refractivity contribution in [2.45, 2.75) is 88.6 Å². The van der Waals surface area contributed by atoms with Crippen molar-refractivity contribution in [3.8, 4) is 0 Å². The predicted octanol–water partition coefficient (Wildman–Crippen LogP) is 2.57. The Labute approximate surface area is 146 Å². The van der Waals surface area contributed by atoms with Crippen LogP contribution in [0.3, 0.4) is 0 Å². The number of aliphatic hydroxyl groups excluding tert-OH is 3. The number of allylic oxidation sites excluding steroid dienone is 1. The van der Waals surface area contributed by atoms with Gasteiger partial charge in [0.25, 0.3) is 0 Å². The van der Waals surface area contributed by atoms with Gasteiger partial charge in [0.1, 0.15) is 24.4 Å². The fourth-order valence-electron chi connectivity index (χ4n) is 3.07. The first kappa shape index (κ1) is 21.6. The summed E-state index contributed by atoms with van der Waals surface area (Å²) in [6.07, 6.45) is 11.0. The molecule has 1 heterocycles. The maximum atomic E-state index is 10.0. The molecule has 5 nitrogen and oxygen atoms in total. The molecule has 142 valence electrons. The zero-order valence-corrected chi connectivity index (χ0v) is 14.9. The lowest BCUT2D eigenvalue weighted by molar-refractivity contribution is -0.210. The van der Waals surface area contributed by atoms with Crippen LogP contribution in [-0.4, -0.2) is 59.6 Å². The Hall–Kier alpha value is -0.460. The Kier molecular flexibility index (Phi) is 12.4. The molecule has 0 amide bonds. The zero-order chi connectivity index (χ0) is 17.6. The van der Waals surface area contributed by atoms with Gasteiger partial charge in [0.05, 0.1) is 13.2 Å². The summed E-state index contributed by atoms with van der Waals surface area (Å²) in [5.41, 5.74) is 0. The van der Waals surface area contributed by atoms with E-state index in [4.69, 9.17) is 14.6 Å². The molecular formula is C19H36O5. The molecule has 0 unspecified atom stereocenters. The molecule has 24 heavy (non-hydrogen) atoms. The van der Waals surface area contributed by atoms with Crippen molar-refractivity contribution in [1.29, 1.82) is 0 Å². The summed E-state index contributed by atoms with van der Waals surface area (Å²) in [4.78, 5) is 0. The van der Waals surface area contributed by atoms with Gasteiger partial charge in [0.15, 0.2) is 0 Å². The van der Waals surface area contributed by atoms with Crippen molar-refractivity contribution >= 4 is 0 Å². The number of unbranched alkanes of at least 4 members (excludes halogenated alkanes) is 9. The van der Waals surface area contributed by atoms with Crippen LogP contribution in [0.1, 0.15) is 64.2 Å². The fraction of sp³-hybridized carbons (Fsp3) is 0.895. The summed E-state index contributed by atoms with van der Waals surface area (Å²) in [6.45, 7) is 4.09. The molecule has 0 bridgehead atoms. The Balaban J connectivity index is 1.95. The van der Waals surface area contributed by atoms with Crippen molar-refractivity contribution in [3.63, 3.8) is 0 Å². The molecule has 5 heteroatoms. The lowest BCUT2D eigenvalue weighted by atomic mass is 10.0. The number of ether oxygens (including phenoxy) is 2. The minimum absolute atomic E-state index is 0.0970. The summed E-state index contributed by atoms with van der Waals surface area (Å²) in [6, 6.07) is 0. The van der Waals surface area contributed by atoms with Crippen LogP contribution in [-0.2, 0) is 9.47 Å². The lowest BCUT2D eigenvalue weighted by Gasteiger charge is -2.37. The normalized spacial score (nSPS) is 27.3. The SMILES string of the molecule is C=CCCCCCCCCCCCO[C@@H]1[C@@H](O)[C@H](CO)OC[C@H]1O. The van der Waals surface area contributed by atoms with Crippen LogP contribution >= 0.6 is 0 Å². The molecule has 4 atom stereocenters. The Morgan fingerprint density at radius 3 is 2.12 bits per heavy atom. The third-order valence-electron chi connectivity index (χ3n) is 4.62. The molecule has 1 rings (SSSR count). The Morgan fingerprint density at radius 1 is 0.958 bits per heavy atom. The first-order chi connectivity index (χ1) is 11.7. The molecule has 0 saturated carbocycles. The standard InChI is InChI=1S/C19H36O5/c1-2-3-4-5-6-7-8-9-10-11-12-13-23-19-16(21)15-24-17(14-20)18(19)22/h2,16-22H,1,3-15H2/t16-,17+,18+,19+/m1/s1. The van der Waals surface area contributed by atoms with Crippen molar-refractivity contribution in [2.75, 3.05) is 19.8 Å². The van der Waals surface area contributed by atoms with Gasteiger partial charge in [-0.15, -0.1) is 6.58 Å². The quantitative estimate of drug-likeness (QED) is 0.333. The third-order valence-corrected chi connectivity index (χ3v) is 4.62. The third kappa shape index (κ3) is 8.58. The minimum atomic E-state index is -0.972. The van der Waals surface area contributed by atoms with Crippen LogP contribution in [0.2, 0.25) is 0 Å². The van der Waals surface area contributed by atoms with E-state index in [1.807, 2.05) is 6.08 Å². The second-order valence-electron chi connectivity index (χ2n) is 6.71. The van der Waals surface area contributed by atoms with Gasteiger partial charge in [0, 0.05) is 6.61 Å². The highest BCUT2D eigenvalue weighted by atomic mass is 16.6. The summed E-state index contributed by atoms with van der Waals surface area (Å²) < 4.78 is 10.8. The number of hydrogen-bond donors (Lipinski definition) is 3. The molecule has 0 spiro atoms. The highest BCUT2D eigenvalue weighted by molar-refractivity contribution is 4.87. The van der Waals surface area contributed by atoms with E-state index in [0.717, 1.165) is 19.3 Å². The van der Waals surface area contributed by atoms with E-state index in [2.05, 4.69) is 6.58 Å². The van der Waals surface area contributed by atoms with Crippen molar-refractivity contribution in [3.05, 3.63) is 12.7 Å². The van der Waals surface area contributed by atoms with Crippen molar-refractivity contribution in [2.24, 2.45) is 0 Å². The zero-order valence-electron chi connectivity index (χ0n) is 14.9. The summed E-state index contributed by atoms with van der Waals surface area (Å²) in [7, 11) is 0. The summed E-state index contributed by atoms with van der Waals surface area (Å²) in [5, 5.41) is 28.9. The molecule has 1 aliphatic rings. The van der Waals surface area contributed by atoms with Gasteiger partial charge in [-0.25, -0.2) is 0 Å². The number of aliphatic hydroxyl groups is 3. The monoisotopic (exact) mass is 344 g/mol.